The first-order valence-corrected chi connectivity index (χ1v) is 11.2. The van der Waals surface area contributed by atoms with Crippen molar-refractivity contribution in [2.75, 3.05) is 13.2 Å². The summed E-state index contributed by atoms with van der Waals surface area (Å²) in [5.41, 5.74) is 4.75. The van der Waals surface area contributed by atoms with E-state index in [0.717, 1.165) is 29.4 Å². The Hall–Kier alpha value is -1.90. The summed E-state index contributed by atoms with van der Waals surface area (Å²) in [6.07, 6.45) is 11.1. The molecule has 2 nitrogen and oxygen atoms in total. The molecule has 4 fully saturated rings. The van der Waals surface area contributed by atoms with Gasteiger partial charge in [0.2, 0.25) is 0 Å². The van der Waals surface area contributed by atoms with Gasteiger partial charge in [-0.05, 0) is 68.9 Å². The molecular weight excluding hydrogens is 368 g/mol. The van der Waals surface area contributed by atoms with Crippen LogP contribution in [0, 0.1) is 11.8 Å². The molecule has 0 spiro atoms. The van der Waals surface area contributed by atoms with Crippen molar-refractivity contribution in [2.24, 2.45) is 11.8 Å². The second-order valence-corrected chi connectivity index (χ2v) is 9.66. The van der Waals surface area contributed by atoms with Crippen LogP contribution >= 0.6 is 0 Å². The number of allylic oxidation sites excluding steroid dienone is 2. The molecule has 0 heterocycles. The van der Waals surface area contributed by atoms with Gasteiger partial charge in [-0.15, -0.1) is 13.2 Å². The summed E-state index contributed by atoms with van der Waals surface area (Å²) in [7, 11) is 0. The maximum absolute atomic E-state index is 6.17. The number of benzene rings is 1. The van der Waals surface area contributed by atoms with Crippen molar-refractivity contribution >= 4 is 11.1 Å². The molecule has 30 heavy (non-hydrogen) atoms. The van der Waals surface area contributed by atoms with E-state index in [1.54, 1.807) is 0 Å². The van der Waals surface area contributed by atoms with Crippen molar-refractivity contribution in [3.8, 4) is 0 Å². The number of hydrogen-bond acceptors (Lipinski definition) is 2. The normalized spacial score (nSPS) is 30.9. The molecule has 4 bridgehead atoms. The topological polar surface area (TPSA) is 18.5 Å². The molecule has 0 N–H and O–H groups in total. The lowest BCUT2D eigenvalue weighted by molar-refractivity contribution is -0.230. The highest BCUT2D eigenvalue weighted by atomic mass is 16.5. The van der Waals surface area contributed by atoms with Crippen LogP contribution in [0.2, 0.25) is 0 Å². The van der Waals surface area contributed by atoms with Gasteiger partial charge < -0.3 is 9.47 Å². The van der Waals surface area contributed by atoms with Crippen LogP contribution < -0.4 is 0 Å². The lowest BCUT2D eigenvalue weighted by Crippen LogP contribution is -2.61. The van der Waals surface area contributed by atoms with Crippen LogP contribution in [0.4, 0.5) is 0 Å². The zero-order valence-electron chi connectivity index (χ0n) is 18.9. The quantitative estimate of drug-likeness (QED) is 0.424. The average Bonchev–Trinajstić information content (AvgIpc) is 2.70. The zero-order chi connectivity index (χ0) is 21.8. The van der Waals surface area contributed by atoms with E-state index >= 15 is 0 Å². The summed E-state index contributed by atoms with van der Waals surface area (Å²) in [5, 5.41) is 0. The van der Waals surface area contributed by atoms with E-state index in [4.69, 9.17) is 9.47 Å². The fourth-order valence-corrected chi connectivity index (χ4v) is 5.94. The first kappa shape index (κ1) is 22.8. The first-order valence-electron chi connectivity index (χ1n) is 11.2. The predicted octanol–water partition coefficient (Wildman–Crippen LogP) is 7.24. The largest absolute Gasteiger partial charge is 0.371 e. The van der Waals surface area contributed by atoms with Crippen LogP contribution in [0.5, 0.6) is 0 Å². The van der Waals surface area contributed by atoms with Crippen LogP contribution in [0.15, 0.2) is 62.7 Å². The highest BCUT2D eigenvalue weighted by Gasteiger charge is 2.58. The fraction of sp³-hybridized carbons (Fsp3) is 0.500. The molecule has 0 saturated heterocycles. The van der Waals surface area contributed by atoms with E-state index in [0.29, 0.717) is 13.2 Å². The van der Waals surface area contributed by atoms with Crippen molar-refractivity contribution < 1.29 is 9.47 Å². The molecule has 2 heteroatoms. The van der Waals surface area contributed by atoms with Gasteiger partial charge in [-0.1, -0.05) is 60.7 Å². The fourth-order valence-electron chi connectivity index (χ4n) is 5.94. The van der Waals surface area contributed by atoms with Gasteiger partial charge in [-0.3, -0.25) is 0 Å². The first-order chi connectivity index (χ1) is 14.3. The predicted molar refractivity (Wildman–Crippen MR) is 128 cm³/mol. The zero-order valence-corrected chi connectivity index (χ0v) is 18.9. The lowest BCUT2D eigenvalue weighted by atomic mass is 9.52. The molecule has 0 aromatic heterocycles. The summed E-state index contributed by atoms with van der Waals surface area (Å²) in [6, 6.07) is 8.30. The molecule has 4 saturated carbocycles. The number of hydrogen-bond donors (Lipinski definition) is 0. The molecule has 0 aliphatic heterocycles. The molecule has 0 radical (unpaired) electrons. The Morgan fingerprint density at radius 1 is 0.833 bits per heavy atom. The SMILES string of the molecule is C=C(C)c1ccc(C(=C)C)cc1.C=CCOC12CC3CC(C1)CC(OCC=C)(C3)C2. The Balaban J connectivity index is 0.000000187. The van der Waals surface area contributed by atoms with Gasteiger partial charge in [0.05, 0.1) is 24.4 Å². The molecule has 4 aliphatic carbocycles. The Labute approximate surface area is 183 Å². The summed E-state index contributed by atoms with van der Waals surface area (Å²) in [4.78, 5) is 0. The highest BCUT2D eigenvalue weighted by Crippen LogP contribution is 2.60. The monoisotopic (exact) mass is 406 g/mol. The molecule has 1 aromatic carbocycles. The summed E-state index contributed by atoms with van der Waals surface area (Å²) in [5.74, 6) is 1.61. The Morgan fingerprint density at radius 3 is 1.50 bits per heavy atom. The third kappa shape index (κ3) is 5.22. The third-order valence-electron chi connectivity index (χ3n) is 6.84. The molecule has 0 atom stereocenters. The summed E-state index contributed by atoms with van der Waals surface area (Å²) >= 11 is 0. The minimum atomic E-state index is 0.0828. The van der Waals surface area contributed by atoms with Crippen molar-refractivity contribution in [3.05, 3.63) is 73.9 Å². The molecule has 0 unspecified atom stereocenters. The van der Waals surface area contributed by atoms with Crippen LogP contribution in [-0.2, 0) is 9.47 Å². The average molecular weight is 407 g/mol. The van der Waals surface area contributed by atoms with Crippen LogP contribution in [-0.4, -0.2) is 24.4 Å². The highest BCUT2D eigenvalue weighted by molar-refractivity contribution is 5.66. The van der Waals surface area contributed by atoms with Gasteiger partial charge in [-0.2, -0.15) is 0 Å². The second-order valence-electron chi connectivity index (χ2n) is 9.66. The van der Waals surface area contributed by atoms with Crippen LogP contribution in [0.1, 0.15) is 63.5 Å². The number of ether oxygens (including phenoxy) is 2. The van der Waals surface area contributed by atoms with Crippen molar-refractivity contribution in [2.45, 2.75) is 63.6 Å². The molecule has 162 valence electrons. The van der Waals surface area contributed by atoms with Crippen molar-refractivity contribution in [3.63, 3.8) is 0 Å². The number of rotatable bonds is 8. The summed E-state index contributed by atoms with van der Waals surface area (Å²) < 4.78 is 12.3. The lowest BCUT2D eigenvalue weighted by Gasteiger charge is -2.61. The molecule has 1 aromatic rings. The van der Waals surface area contributed by atoms with E-state index in [2.05, 4.69) is 50.6 Å². The van der Waals surface area contributed by atoms with Gasteiger partial charge in [-0.25, -0.2) is 0 Å². The third-order valence-corrected chi connectivity index (χ3v) is 6.84. The standard InChI is InChI=1S/C16H24O2.C12H14/c1-3-5-17-15-8-13-7-14(9-15)11-16(10-13,12-15)18-6-4-2;1-9(2)11-5-7-12(8-6-11)10(3)4/h3-4,13-14H,1-2,5-12H2;5-8H,1,3H2,2,4H3. The summed E-state index contributed by atoms with van der Waals surface area (Å²) in [6.45, 7) is 20.7. The maximum atomic E-state index is 6.17. The molecule has 0 amide bonds. The smallest absolute Gasteiger partial charge is 0.0719 e. The Kier molecular flexibility index (Phi) is 7.21. The van der Waals surface area contributed by atoms with Crippen molar-refractivity contribution in [1.29, 1.82) is 0 Å². The van der Waals surface area contributed by atoms with Gasteiger partial charge in [0.15, 0.2) is 0 Å². The Morgan fingerprint density at radius 2 is 1.20 bits per heavy atom. The van der Waals surface area contributed by atoms with E-state index in [1.807, 2.05) is 26.0 Å². The minimum Gasteiger partial charge on any atom is -0.371 e. The molecule has 4 aliphatic rings. The van der Waals surface area contributed by atoms with Gasteiger partial charge in [0.1, 0.15) is 0 Å². The maximum Gasteiger partial charge on any atom is 0.0719 e. The van der Waals surface area contributed by atoms with Crippen LogP contribution in [0.3, 0.4) is 0 Å². The van der Waals surface area contributed by atoms with Gasteiger partial charge >= 0.3 is 0 Å². The Bertz CT molecular complexity index is 708. The van der Waals surface area contributed by atoms with Gasteiger partial charge in [0.25, 0.3) is 0 Å². The van der Waals surface area contributed by atoms with Crippen molar-refractivity contribution in [1.82, 2.24) is 0 Å². The van der Waals surface area contributed by atoms with E-state index in [-0.39, 0.29) is 11.2 Å². The minimum absolute atomic E-state index is 0.0828. The van der Waals surface area contributed by atoms with E-state index < -0.39 is 0 Å². The van der Waals surface area contributed by atoms with Crippen LogP contribution in [0.25, 0.3) is 11.1 Å². The van der Waals surface area contributed by atoms with E-state index in [9.17, 15) is 0 Å². The molecule has 5 rings (SSSR count). The second kappa shape index (κ2) is 9.49. The van der Waals surface area contributed by atoms with E-state index in [1.165, 1.54) is 43.2 Å². The molecular formula is C28H38O2. The van der Waals surface area contributed by atoms with Gasteiger partial charge in [0, 0.05) is 6.42 Å².